The summed E-state index contributed by atoms with van der Waals surface area (Å²) in [6.07, 6.45) is 0.184. The molecule has 1 amide bonds. The van der Waals surface area contributed by atoms with Crippen molar-refractivity contribution in [1.29, 1.82) is 5.26 Å². The Morgan fingerprint density at radius 3 is 2.62 bits per heavy atom. The van der Waals surface area contributed by atoms with Crippen LogP contribution in [0.3, 0.4) is 0 Å². The Balaban J connectivity index is 2.02. The number of ether oxygens (including phenoxy) is 1. The van der Waals surface area contributed by atoms with E-state index in [1.54, 1.807) is 37.4 Å². The fourth-order valence-electron chi connectivity index (χ4n) is 1.82. The van der Waals surface area contributed by atoms with E-state index in [0.717, 1.165) is 17.4 Å². The van der Waals surface area contributed by atoms with Gasteiger partial charge in [-0.3, -0.25) is 4.79 Å². The van der Waals surface area contributed by atoms with Crippen molar-refractivity contribution < 1.29 is 13.9 Å². The number of hydrogen-bond acceptors (Lipinski definition) is 3. The van der Waals surface area contributed by atoms with Gasteiger partial charge in [0, 0.05) is 5.69 Å². The molecule has 21 heavy (non-hydrogen) atoms. The lowest BCUT2D eigenvalue weighted by Gasteiger charge is -2.06. The SMILES string of the molecule is COc1ccc(CC(=O)Nc2ccc(F)c(C#N)c2)cc1. The average molecular weight is 284 g/mol. The average Bonchev–Trinajstić information content (AvgIpc) is 2.50. The molecule has 0 saturated carbocycles. The van der Waals surface area contributed by atoms with Gasteiger partial charge in [0.25, 0.3) is 0 Å². The van der Waals surface area contributed by atoms with Crippen molar-refractivity contribution in [3.05, 3.63) is 59.4 Å². The van der Waals surface area contributed by atoms with E-state index in [2.05, 4.69) is 5.32 Å². The first kappa shape index (κ1) is 14.5. The molecule has 1 N–H and O–H groups in total. The van der Waals surface area contributed by atoms with E-state index in [0.29, 0.717) is 5.69 Å². The monoisotopic (exact) mass is 284 g/mol. The quantitative estimate of drug-likeness (QED) is 0.939. The second kappa shape index (κ2) is 6.53. The molecule has 0 aliphatic heterocycles. The maximum absolute atomic E-state index is 13.2. The summed E-state index contributed by atoms with van der Waals surface area (Å²) in [5, 5.41) is 11.4. The van der Waals surface area contributed by atoms with Gasteiger partial charge in [-0.1, -0.05) is 12.1 Å². The molecule has 0 aliphatic carbocycles. The van der Waals surface area contributed by atoms with Gasteiger partial charge >= 0.3 is 0 Å². The summed E-state index contributed by atoms with van der Waals surface area (Å²) in [4.78, 5) is 11.9. The van der Waals surface area contributed by atoms with E-state index >= 15 is 0 Å². The number of halogens is 1. The maximum atomic E-state index is 13.2. The molecule has 0 atom stereocenters. The standard InChI is InChI=1S/C16H13FN2O2/c1-21-14-5-2-11(3-6-14)8-16(20)19-13-4-7-15(17)12(9-13)10-18/h2-7,9H,8H2,1H3,(H,19,20). The molecule has 0 radical (unpaired) electrons. The van der Waals surface area contributed by atoms with Gasteiger partial charge in [0.05, 0.1) is 19.1 Å². The van der Waals surface area contributed by atoms with Gasteiger partial charge < -0.3 is 10.1 Å². The van der Waals surface area contributed by atoms with E-state index < -0.39 is 5.82 Å². The summed E-state index contributed by atoms with van der Waals surface area (Å²) in [6.45, 7) is 0. The van der Waals surface area contributed by atoms with E-state index in [4.69, 9.17) is 10.00 Å². The van der Waals surface area contributed by atoms with Crippen molar-refractivity contribution in [2.75, 3.05) is 12.4 Å². The number of methoxy groups -OCH3 is 1. The van der Waals surface area contributed by atoms with Crippen LogP contribution in [-0.4, -0.2) is 13.0 Å². The van der Waals surface area contributed by atoms with Gasteiger partial charge in [0.2, 0.25) is 5.91 Å². The number of nitrogens with zero attached hydrogens (tertiary/aromatic N) is 1. The lowest BCUT2D eigenvalue weighted by Crippen LogP contribution is -2.14. The zero-order chi connectivity index (χ0) is 15.2. The van der Waals surface area contributed by atoms with Crippen molar-refractivity contribution in [2.24, 2.45) is 0 Å². The molecule has 0 aliphatic rings. The number of anilines is 1. The van der Waals surface area contributed by atoms with Crippen LogP contribution in [0.4, 0.5) is 10.1 Å². The van der Waals surface area contributed by atoms with Crippen molar-refractivity contribution in [2.45, 2.75) is 6.42 Å². The lowest BCUT2D eigenvalue weighted by molar-refractivity contribution is -0.115. The zero-order valence-electron chi connectivity index (χ0n) is 11.4. The summed E-state index contributed by atoms with van der Waals surface area (Å²) < 4.78 is 18.2. The smallest absolute Gasteiger partial charge is 0.228 e. The number of hydrogen-bond donors (Lipinski definition) is 1. The number of carbonyl (C=O) groups is 1. The van der Waals surface area contributed by atoms with Crippen LogP contribution in [-0.2, 0) is 11.2 Å². The Labute approximate surface area is 121 Å². The highest BCUT2D eigenvalue weighted by Gasteiger charge is 2.07. The van der Waals surface area contributed by atoms with Gasteiger partial charge in [-0.25, -0.2) is 4.39 Å². The lowest BCUT2D eigenvalue weighted by atomic mass is 10.1. The molecule has 5 heteroatoms. The molecular weight excluding hydrogens is 271 g/mol. The van der Waals surface area contributed by atoms with Crippen LogP contribution >= 0.6 is 0 Å². The Morgan fingerprint density at radius 1 is 1.29 bits per heavy atom. The van der Waals surface area contributed by atoms with Crippen LogP contribution in [0.25, 0.3) is 0 Å². The number of benzene rings is 2. The zero-order valence-corrected chi connectivity index (χ0v) is 11.4. The fraction of sp³-hybridized carbons (Fsp3) is 0.125. The minimum absolute atomic E-state index is 0.0998. The summed E-state index contributed by atoms with van der Waals surface area (Å²) >= 11 is 0. The molecular formula is C16H13FN2O2. The molecule has 0 bridgehead atoms. The number of nitrogens with one attached hydrogen (secondary N) is 1. The molecule has 0 heterocycles. The summed E-state index contributed by atoms with van der Waals surface area (Å²) in [5.74, 6) is -0.127. The summed E-state index contributed by atoms with van der Waals surface area (Å²) in [7, 11) is 1.57. The van der Waals surface area contributed by atoms with Crippen molar-refractivity contribution >= 4 is 11.6 Å². The number of carbonyl (C=O) groups excluding carboxylic acids is 1. The molecule has 2 rings (SSSR count). The van der Waals surface area contributed by atoms with Gasteiger partial charge in [0.15, 0.2) is 0 Å². The van der Waals surface area contributed by atoms with Crippen LogP contribution in [0.5, 0.6) is 5.75 Å². The molecule has 4 nitrogen and oxygen atoms in total. The van der Waals surface area contributed by atoms with Gasteiger partial charge in [-0.05, 0) is 35.9 Å². The Morgan fingerprint density at radius 2 is 2.00 bits per heavy atom. The predicted octanol–water partition coefficient (Wildman–Crippen LogP) is 2.89. The Kier molecular flexibility index (Phi) is 4.52. The highest BCUT2D eigenvalue weighted by Crippen LogP contribution is 2.15. The third-order valence-corrected chi connectivity index (χ3v) is 2.89. The first-order chi connectivity index (χ1) is 10.1. The first-order valence-corrected chi connectivity index (χ1v) is 6.25. The second-order valence-corrected chi connectivity index (χ2v) is 4.38. The van der Waals surface area contributed by atoms with Crippen LogP contribution in [0.2, 0.25) is 0 Å². The Hall–Kier alpha value is -2.87. The minimum atomic E-state index is -0.606. The summed E-state index contributed by atoms with van der Waals surface area (Å²) in [6, 6.07) is 12.7. The van der Waals surface area contributed by atoms with E-state index in [-0.39, 0.29) is 17.9 Å². The third-order valence-electron chi connectivity index (χ3n) is 2.89. The molecule has 2 aromatic rings. The highest BCUT2D eigenvalue weighted by atomic mass is 19.1. The number of rotatable bonds is 4. The second-order valence-electron chi connectivity index (χ2n) is 4.38. The number of nitriles is 1. The van der Waals surface area contributed by atoms with Crippen LogP contribution in [0.1, 0.15) is 11.1 Å². The fourth-order valence-corrected chi connectivity index (χ4v) is 1.82. The van der Waals surface area contributed by atoms with Gasteiger partial charge in [-0.15, -0.1) is 0 Å². The van der Waals surface area contributed by atoms with E-state index in [9.17, 15) is 9.18 Å². The topological polar surface area (TPSA) is 62.1 Å². The largest absolute Gasteiger partial charge is 0.497 e. The molecule has 2 aromatic carbocycles. The molecule has 106 valence electrons. The first-order valence-electron chi connectivity index (χ1n) is 6.25. The molecule has 0 aromatic heterocycles. The minimum Gasteiger partial charge on any atom is -0.497 e. The van der Waals surface area contributed by atoms with Gasteiger partial charge in [-0.2, -0.15) is 5.26 Å². The summed E-state index contributed by atoms with van der Waals surface area (Å²) in [5.41, 5.74) is 1.12. The molecule has 0 saturated heterocycles. The van der Waals surface area contributed by atoms with Crippen LogP contribution in [0.15, 0.2) is 42.5 Å². The van der Waals surface area contributed by atoms with Crippen LogP contribution in [0, 0.1) is 17.1 Å². The third kappa shape index (κ3) is 3.80. The Bertz CT molecular complexity index is 690. The molecule has 0 spiro atoms. The molecule has 0 unspecified atom stereocenters. The van der Waals surface area contributed by atoms with Crippen LogP contribution < -0.4 is 10.1 Å². The molecule has 0 fully saturated rings. The normalized spacial score (nSPS) is 9.76. The van der Waals surface area contributed by atoms with Crippen molar-refractivity contribution in [3.63, 3.8) is 0 Å². The van der Waals surface area contributed by atoms with E-state index in [1.807, 2.05) is 0 Å². The van der Waals surface area contributed by atoms with E-state index in [1.165, 1.54) is 12.1 Å². The van der Waals surface area contributed by atoms with Crippen molar-refractivity contribution in [1.82, 2.24) is 0 Å². The number of amides is 1. The maximum Gasteiger partial charge on any atom is 0.228 e. The van der Waals surface area contributed by atoms with Crippen molar-refractivity contribution in [3.8, 4) is 11.8 Å². The van der Waals surface area contributed by atoms with Gasteiger partial charge in [0.1, 0.15) is 17.6 Å². The predicted molar refractivity (Wildman–Crippen MR) is 76.4 cm³/mol. The highest BCUT2D eigenvalue weighted by molar-refractivity contribution is 5.92.